The van der Waals surface area contributed by atoms with E-state index in [2.05, 4.69) is 20.1 Å². The fraction of sp³-hybridized carbons (Fsp3) is 0.273. The normalized spacial score (nSPS) is 17.9. The first-order chi connectivity index (χ1) is 15.8. The van der Waals surface area contributed by atoms with Gasteiger partial charge < -0.3 is 9.47 Å². The van der Waals surface area contributed by atoms with E-state index in [1.54, 1.807) is 16.9 Å². The fourth-order valence-corrected chi connectivity index (χ4v) is 4.03. The highest BCUT2D eigenvalue weighted by Gasteiger charge is 2.43. The molecule has 11 heteroatoms. The van der Waals surface area contributed by atoms with Crippen molar-refractivity contribution in [3.8, 4) is 23.1 Å². The van der Waals surface area contributed by atoms with Crippen LogP contribution in [0.1, 0.15) is 34.9 Å². The van der Waals surface area contributed by atoms with Gasteiger partial charge in [0.2, 0.25) is 5.88 Å². The first kappa shape index (κ1) is 21.1. The van der Waals surface area contributed by atoms with E-state index in [0.29, 0.717) is 28.9 Å². The minimum Gasteiger partial charge on any atom is -0.480 e. The number of benzene rings is 1. The fourth-order valence-electron chi connectivity index (χ4n) is 4.03. The van der Waals surface area contributed by atoms with Crippen molar-refractivity contribution in [1.29, 1.82) is 0 Å². The van der Waals surface area contributed by atoms with Crippen LogP contribution >= 0.6 is 0 Å². The average Bonchev–Trinajstić information content (AvgIpc) is 3.45. The molecule has 1 aliphatic rings. The molecule has 0 bridgehead atoms. The monoisotopic (exact) mass is 459 g/mol. The summed E-state index contributed by atoms with van der Waals surface area (Å²) in [6, 6.07) is 5.08. The van der Waals surface area contributed by atoms with E-state index in [-0.39, 0.29) is 23.7 Å². The molecule has 33 heavy (non-hydrogen) atoms. The lowest BCUT2D eigenvalue weighted by atomic mass is 10.0. The average molecular weight is 459 g/mol. The molecule has 0 N–H and O–H groups in total. The number of nitrogens with zero attached hydrogens (tertiary/aromatic N) is 5. The Balaban J connectivity index is 1.53. The molecule has 170 valence electrons. The van der Waals surface area contributed by atoms with E-state index in [1.165, 1.54) is 26.5 Å². The van der Waals surface area contributed by atoms with Crippen LogP contribution in [0.15, 0.2) is 42.9 Å². The summed E-state index contributed by atoms with van der Waals surface area (Å²) >= 11 is 0. The van der Waals surface area contributed by atoms with Crippen molar-refractivity contribution in [3.63, 3.8) is 0 Å². The van der Waals surface area contributed by atoms with Gasteiger partial charge in [-0.05, 0) is 42.0 Å². The largest absolute Gasteiger partial charge is 0.480 e. The van der Waals surface area contributed by atoms with Gasteiger partial charge in [0.1, 0.15) is 5.82 Å². The molecular formula is C22H17F4N5O2. The van der Waals surface area contributed by atoms with Crippen LogP contribution in [0.4, 0.5) is 17.6 Å². The van der Waals surface area contributed by atoms with Gasteiger partial charge in [0.25, 0.3) is 0 Å². The Morgan fingerprint density at radius 3 is 2.58 bits per heavy atom. The van der Waals surface area contributed by atoms with E-state index in [9.17, 15) is 17.6 Å². The second-order valence-corrected chi connectivity index (χ2v) is 7.65. The van der Waals surface area contributed by atoms with Crippen LogP contribution in [0.5, 0.6) is 11.9 Å². The summed E-state index contributed by atoms with van der Waals surface area (Å²) in [7, 11) is 2.91. The van der Waals surface area contributed by atoms with E-state index < -0.39 is 17.6 Å². The Labute approximate surface area is 185 Å². The molecule has 0 spiro atoms. The smallest absolute Gasteiger partial charge is 0.419 e. The lowest BCUT2D eigenvalue weighted by Crippen LogP contribution is -2.08. The van der Waals surface area contributed by atoms with Crippen molar-refractivity contribution in [2.45, 2.75) is 24.4 Å². The molecule has 1 fully saturated rings. The molecule has 0 saturated heterocycles. The molecule has 3 aromatic heterocycles. The van der Waals surface area contributed by atoms with Crippen LogP contribution in [-0.4, -0.2) is 38.8 Å². The highest BCUT2D eigenvalue weighted by molar-refractivity contribution is 5.68. The molecule has 2 atom stereocenters. The van der Waals surface area contributed by atoms with Crippen LogP contribution in [-0.2, 0) is 6.18 Å². The van der Waals surface area contributed by atoms with Gasteiger partial charge in [-0.2, -0.15) is 23.3 Å². The van der Waals surface area contributed by atoms with Gasteiger partial charge in [0, 0.05) is 24.2 Å². The van der Waals surface area contributed by atoms with Crippen LogP contribution in [0.2, 0.25) is 0 Å². The van der Waals surface area contributed by atoms with Gasteiger partial charge in [-0.15, -0.1) is 0 Å². The number of aromatic nitrogens is 5. The summed E-state index contributed by atoms with van der Waals surface area (Å²) in [5.41, 5.74) is 1.77. The van der Waals surface area contributed by atoms with Crippen molar-refractivity contribution >= 4 is 5.65 Å². The van der Waals surface area contributed by atoms with Gasteiger partial charge >= 0.3 is 12.2 Å². The number of imidazole rings is 1. The minimum atomic E-state index is -4.73. The van der Waals surface area contributed by atoms with Crippen LogP contribution in [0.25, 0.3) is 16.9 Å². The molecule has 0 amide bonds. The first-order valence-electron chi connectivity index (χ1n) is 9.96. The summed E-state index contributed by atoms with van der Waals surface area (Å²) in [4.78, 5) is 12.7. The summed E-state index contributed by atoms with van der Waals surface area (Å²) in [5, 5.41) is 4.56. The van der Waals surface area contributed by atoms with Crippen LogP contribution in [0, 0.1) is 5.82 Å². The van der Waals surface area contributed by atoms with E-state index >= 15 is 0 Å². The quantitative estimate of drug-likeness (QED) is 0.405. The van der Waals surface area contributed by atoms with Crippen molar-refractivity contribution in [2.75, 3.05) is 14.2 Å². The van der Waals surface area contributed by atoms with Gasteiger partial charge in [-0.1, -0.05) is 6.07 Å². The standard InChI is InChI=1S/C22H17F4N5O2/c1-32-20-15(10-28-21(29-20)33-2)18-9-14(19-27-5-6-31(19)30-18)13-8-12(13)11-3-4-16(17(23)7-11)22(24,25)26/h3-7,9-10,12-13H,8H2,1-2H3/t12-,13+/m1/s1. The molecule has 4 aromatic rings. The van der Waals surface area contributed by atoms with Crippen LogP contribution in [0.3, 0.4) is 0 Å². The zero-order chi connectivity index (χ0) is 23.3. The maximum absolute atomic E-state index is 14.1. The summed E-state index contributed by atoms with van der Waals surface area (Å²) in [6.07, 6.45) is 0.746. The predicted octanol–water partition coefficient (Wildman–Crippen LogP) is 4.63. The molecule has 3 heterocycles. The van der Waals surface area contributed by atoms with E-state index in [1.807, 2.05) is 6.07 Å². The number of ether oxygens (including phenoxy) is 2. The second kappa shape index (κ2) is 7.68. The van der Waals surface area contributed by atoms with Crippen molar-refractivity contribution in [2.24, 2.45) is 0 Å². The Morgan fingerprint density at radius 2 is 1.88 bits per heavy atom. The molecule has 7 nitrogen and oxygen atoms in total. The maximum atomic E-state index is 14.1. The number of rotatable bonds is 5. The van der Waals surface area contributed by atoms with Gasteiger partial charge in [-0.3, -0.25) is 0 Å². The van der Waals surface area contributed by atoms with Gasteiger partial charge in [0.05, 0.1) is 31.0 Å². The molecular weight excluding hydrogens is 442 g/mol. The Morgan fingerprint density at radius 1 is 1.06 bits per heavy atom. The summed E-state index contributed by atoms with van der Waals surface area (Å²) in [5.74, 6) is -1.19. The number of hydrogen-bond donors (Lipinski definition) is 0. The molecule has 0 unspecified atom stereocenters. The number of methoxy groups -OCH3 is 2. The van der Waals surface area contributed by atoms with Crippen molar-refractivity contribution in [3.05, 3.63) is 65.4 Å². The number of hydrogen-bond acceptors (Lipinski definition) is 6. The van der Waals surface area contributed by atoms with E-state index in [4.69, 9.17) is 9.47 Å². The zero-order valence-electron chi connectivity index (χ0n) is 17.5. The first-order valence-corrected chi connectivity index (χ1v) is 9.96. The van der Waals surface area contributed by atoms with Gasteiger partial charge in [0.15, 0.2) is 5.65 Å². The van der Waals surface area contributed by atoms with E-state index in [0.717, 1.165) is 17.7 Å². The maximum Gasteiger partial charge on any atom is 0.419 e. The molecule has 5 rings (SSSR count). The minimum absolute atomic E-state index is 0.0575. The third kappa shape index (κ3) is 3.73. The number of fused-ring (bicyclic) bond motifs is 1. The third-order valence-electron chi connectivity index (χ3n) is 5.69. The van der Waals surface area contributed by atoms with Gasteiger partial charge in [-0.25, -0.2) is 18.9 Å². The number of halogens is 4. The SMILES string of the molecule is COc1ncc(-c2cc([C@H]3C[C@@H]3c3ccc(C(F)(F)F)c(F)c3)c3nccn3n2)c(OC)n1. The highest BCUT2D eigenvalue weighted by atomic mass is 19.4. The predicted molar refractivity (Wildman–Crippen MR) is 109 cm³/mol. The summed E-state index contributed by atoms with van der Waals surface area (Å²) < 4.78 is 64.8. The molecule has 1 aromatic carbocycles. The van der Waals surface area contributed by atoms with Crippen molar-refractivity contribution in [1.82, 2.24) is 24.6 Å². The lowest BCUT2D eigenvalue weighted by Gasteiger charge is -2.11. The third-order valence-corrected chi connectivity index (χ3v) is 5.69. The Hall–Kier alpha value is -3.76. The Kier molecular flexibility index (Phi) is 4.91. The molecule has 1 aliphatic carbocycles. The molecule has 1 saturated carbocycles. The second-order valence-electron chi connectivity index (χ2n) is 7.65. The summed E-state index contributed by atoms with van der Waals surface area (Å²) in [6.45, 7) is 0. The Bertz CT molecular complexity index is 1350. The zero-order valence-corrected chi connectivity index (χ0v) is 17.5. The lowest BCUT2D eigenvalue weighted by molar-refractivity contribution is -0.140. The van der Waals surface area contributed by atoms with Crippen molar-refractivity contribution < 1.29 is 27.0 Å². The topological polar surface area (TPSA) is 74.4 Å². The molecule has 0 aliphatic heterocycles. The number of alkyl halides is 3. The van der Waals surface area contributed by atoms with Crippen LogP contribution < -0.4 is 9.47 Å². The highest BCUT2D eigenvalue weighted by Crippen LogP contribution is 2.56. The molecule has 0 radical (unpaired) electrons.